The Morgan fingerprint density at radius 1 is 1.04 bits per heavy atom. The van der Waals surface area contributed by atoms with Gasteiger partial charge in [0.15, 0.2) is 0 Å². The van der Waals surface area contributed by atoms with Crippen LogP contribution < -0.4 is 4.90 Å². The van der Waals surface area contributed by atoms with Crippen LogP contribution in [0.5, 0.6) is 0 Å². The normalized spacial score (nSPS) is 15.9. The molecule has 8 nitrogen and oxygen atoms in total. The van der Waals surface area contributed by atoms with Crippen LogP contribution in [0.4, 0.5) is 11.5 Å². The fraction of sp³-hybridized carbons (Fsp3) is 0.312. The minimum atomic E-state index is -3.36. The molecule has 0 atom stereocenters. The van der Waals surface area contributed by atoms with Gasteiger partial charge in [0.2, 0.25) is 10.0 Å². The van der Waals surface area contributed by atoms with Crippen molar-refractivity contribution in [3.8, 4) is 0 Å². The number of aromatic nitrogens is 1. The molecule has 1 aliphatic rings. The van der Waals surface area contributed by atoms with Crippen LogP contribution >= 0.6 is 0 Å². The average molecular weight is 362 g/mol. The van der Waals surface area contributed by atoms with Crippen molar-refractivity contribution in [1.82, 2.24) is 9.29 Å². The van der Waals surface area contributed by atoms with Gasteiger partial charge in [0.25, 0.3) is 5.69 Å². The largest absolute Gasteiger partial charge is 0.354 e. The van der Waals surface area contributed by atoms with Gasteiger partial charge in [-0.25, -0.2) is 13.4 Å². The summed E-state index contributed by atoms with van der Waals surface area (Å²) in [5, 5.41) is 10.7. The summed E-state index contributed by atoms with van der Waals surface area (Å²) in [5.74, 6) is 0.606. The Balaban J connectivity index is 1.62. The van der Waals surface area contributed by atoms with E-state index in [0.717, 1.165) is 5.56 Å². The zero-order chi connectivity index (χ0) is 17.9. The van der Waals surface area contributed by atoms with Crippen LogP contribution in [0.3, 0.4) is 0 Å². The SMILES string of the molecule is O=[N+]([O-])c1ccc(N2CCN(S(=O)(=O)Cc3ccccc3)CC2)nc1. The van der Waals surface area contributed by atoms with Gasteiger partial charge < -0.3 is 4.90 Å². The number of rotatable bonds is 5. The molecule has 1 aromatic carbocycles. The highest BCUT2D eigenvalue weighted by Gasteiger charge is 2.27. The molecule has 1 aromatic heterocycles. The first kappa shape index (κ1) is 17.3. The highest BCUT2D eigenvalue weighted by Crippen LogP contribution is 2.19. The number of nitro groups is 1. The number of piperazine rings is 1. The molecule has 1 aliphatic heterocycles. The average Bonchev–Trinajstić information content (AvgIpc) is 2.62. The Labute approximate surface area is 145 Å². The van der Waals surface area contributed by atoms with Crippen LogP contribution in [-0.2, 0) is 15.8 Å². The molecular formula is C16H18N4O4S. The number of hydrogen-bond acceptors (Lipinski definition) is 6. The monoisotopic (exact) mass is 362 g/mol. The Bertz CT molecular complexity index is 832. The number of hydrogen-bond donors (Lipinski definition) is 0. The second kappa shape index (κ2) is 7.16. The van der Waals surface area contributed by atoms with E-state index in [1.54, 1.807) is 18.2 Å². The van der Waals surface area contributed by atoms with Crippen LogP contribution in [0.25, 0.3) is 0 Å². The molecule has 0 radical (unpaired) electrons. The lowest BCUT2D eigenvalue weighted by atomic mass is 10.2. The third kappa shape index (κ3) is 4.12. The smallest absolute Gasteiger partial charge is 0.287 e. The standard InChI is InChI=1S/C16H18N4O4S/c21-20(22)15-6-7-16(17-12-15)18-8-10-19(11-9-18)25(23,24)13-14-4-2-1-3-5-14/h1-7,12H,8-11,13H2. The van der Waals surface area contributed by atoms with Crippen molar-refractivity contribution < 1.29 is 13.3 Å². The maximum Gasteiger partial charge on any atom is 0.287 e. The number of nitrogens with zero attached hydrogens (tertiary/aromatic N) is 4. The molecule has 0 aliphatic carbocycles. The highest BCUT2D eigenvalue weighted by molar-refractivity contribution is 7.88. The molecule has 0 unspecified atom stereocenters. The molecule has 0 spiro atoms. The number of anilines is 1. The van der Waals surface area contributed by atoms with E-state index in [-0.39, 0.29) is 11.4 Å². The van der Waals surface area contributed by atoms with E-state index in [2.05, 4.69) is 4.98 Å². The van der Waals surface area contributed by atoms with E-state index >= 15 is 0 Å². The van der Waals surface area contributed by atoms with Gasteiger partial charge in [0.1, 0.15) is 12.0 Å². The molecule has 25 heavy (non-hydrogen) atoms. The summed E-state index contributed by atoms with van der Waals surface area (Å²) in [6.45, 7) is 1.74. The van der Waals surface area contributed by atoms with Gasteiger partial charge in [-0.3, -0.25) is 10.1 Å². The molecule has 2 heterocycles. The van der Waals surface area contributed by atoms with Gasteiger partial charge in [-0.15, -0.1) is 0 Å². The molecule has 9 heteroatoms. The van der Waals surface area contributed by atoms with Crippen LogP contribution in [0.1, 0.15) is 5.56 Å². The van der Waals surface area contributed by atoms with Gasteiger partial charge in [-0.05, 0) is 11.6 Å². The maximum atomic E-state index is 12.5. The lowest BCUT2D eigenvalue weighted by Crippen LogP contribution is -2.49. The van der Waals surface area contributed by atoms with E-state index < -0.39 is 14.9 Å². The second-order valence-electron chi connectivity index (χ2n) is 5.76. The lowest BCUT2D eigenvalue weighted by Gasteiger charge is -2.34. The molecule has 0 saturated carbocycles. The predicted octanol–water partition coefficient (Wildman–Crippen LogP) is 1.64. The Hall–Kier alpha value is -2.52. The number of sulfonamides is 1. The summed E-state index contributed by atoms with van der Waals surface area (Å²) in [5.41, 5.74) is 0.704. The van der Waals surface area contributed by atoms with E-state index in [1.807, 2.05) is 23.1 Å². The van der Waals surface area contributed by atoms with Gasteiger partial charge in [-0.1, -0.05) is 30.3 Å². The minimum Gasteiger partial charge on any atom is -0.354 e. The summed E-state index contributed by atoms with van der Waals surface area (Å²) in [6, 6.07) is 12.1. The first-order valence-corrected chi connectivity index (χ1v) is 9.44. The summed E-state index contributed by atoms with van der Waals surface area (Å²) < 4.78 is 26.6. The Kier molecular flexibility index (Phi) is 4.95. The molecular weight excluding hydrogens is 344 g/mol. The van der Waals surface area contributed by atoms with Crippen molar-refractivity contribution in [2.75, 3.05) is 31.1 Å². The molecule has 1 saturated heterocycles. The molecule has 2 aromatic rings. The van der Waals surface area contributed by atoms with E-state index in [9.17, 15) is 18.5 Å². The molecule has 132 valence electrons. The topological polar surface area (TPSA) is 96.6 Å². The van der Waals surface area contributed by atoms with Crippen LogP contribution in [0.15, 0.2) is 48.7 Å². The minimum absolute atomic E-state index is 0.0103. The van der Waals surface area contributed by atoms with Crippen molar-refractivity contribution in [2.24, 2.45) is 0 Å². The van der Waals surface area contributed by atoms with Crippen molar-refractivity contribution >= 4 is 21.5 Å². The molecule has 0 bridgehead atoms. The van der Waals surface area contributed by atoms with Crippen molar-refractivity contribution in [3.05, 3.63) is 64.3 Å². The fourth-order valence-electron chi connectivity index (χ4n) is 2.74. The van der Waals surface area contributed by atoms with E-state index in [4.69, 9.17) is 0 Å². The summed E-state index contributed by atoms with van der Waals surface area (Å²) >= 11 is 0. The number of pyridine rings is 1. The zero-order valence-corrected chi connectivity index (χ0v) is 14.3. The van der Waals surface area contributed by atoms with Crippen LogP contribution in [0.2, 0.25) is 0 Å². The highest BCUT2D eigenvalue weighted by atomic mass is 32.2. The van der Waals surface area contributed by atoms with Crippen molar-refractivity contribution in [3.63, 3.8) is 0 Å². The third-order valence-electron chi connectivity index (χ3n) is 4.09. The van der Waals surface area contributed by atoms with Crippen molar-refractivity contribution in [1.29, 1.82) is 0 Å². The Morgan fingerprint density at radius 2 is 1.72 bits per heavy atom. The van der Waals surface area contributed by atoms with Gasteiger partial charge >= 0.3 is 0 Å². The fourth-order valence-corrected chi connectivity index (χ4v) is 4.26. The van der Waals surface area contributed by atoms with Crippen molar-refractivity contribution in [2.45, 2.75) is 5.75 Å². The maximum absolute atomic E-state index is 12.5. The van der Waals surface area contributed by atoms with E-state index in [0.29, 0.717) is 32.0 Å². The lowest BCUT2D eigenvalue weighted by molar-refractivity contribution is -0.385. The van der Waals surface area contributed by atoms with E-state index in [1.165, 1.54) is 16.6 Å². The molecule has 3 rings (SSSR count). The quantitative estimate of drug-likeness (QED) is 0.592. The number of benzene rings is 1. The zero-order valence-electron chi connectivity index (χ0n) is 13.5. The van der Waals surface area contributed by atoms with Gasteiger partial charge in [-0.2, -0.15) is 4.31 Å². The molecule has 0 N–H and O–H groups in total. The molecule has 0 amide bonds. The van der Waals surface area contributed by atoms with Crippen LogP contribution in [0, 0.1) is 10.1 Å². The van der Waals surface area contributed by atoms with Gasteiger partial charge in [0, 0.05) is 32.2 Å². The van der Waals surface area contributed by atoms with Crippen LogP contribution in [-0.4, -0.2) is 48.8 Å². The molecule has 1 fully saturated rings. The Morgan fingerprint density at radius 3 is 2.28 bits per heavy atom. The second-order valence-corrected chi connectivity index (χ2v) is 7.73. The predicted molar refractivity (Wildman–Crippen MR) is 93.7 cm³/mol. The third-order valence-corrected chi connectivity index (χ3v) is 5.94. The summed E-state index contributed by atoms with van der Waals surface area (Å²) in [7, 11) is -3.36. The summed E-state index contributed by atoms with van der Waals surface area (Å²) in [6.07, 6.45) is 1.22. The first-order valence-electron chi connectivity index (χ1n) is 7.83. The summed E-state index contributed by atoms with van der Waals surface area (Å²) in [4.78, 5) is 16.2. The first-order chi connectivity index (χ1) is 12.0. The van der Waals surface area contributed by atoms with Gasteiger partial charge in [0.05, 0.1) is 10.7 Å².